The molecule has 2 aromatic rings. The fourth-order valence-corrected chi connectivity index (χ4v) is 4.39. The van der Waals surface area contributed by atoms with Gasteiger partial charge >= 0.3 is 0 Å². The molecule has 1 fully saturated rings. The molecule has 0 saturated carbocycles. The Morgan fingerprint density at radius 1 is 1.15 bits per heavy atom. The van der Waals surface area contributed by atoms with Gasteiger partial charge in [-0.2, -0.15) is 0 Å². The molecule has 0 bridgehead atoms. The Morgan fingerprint density at radius 2 is 1.94 bits per heavy atom. The van der Waals surface area contributed by atoms with Crippen molar-refractivity contribution < 1.29 is 14.2 Å². The number of hydrogen-bond acceptors (Lipinski definition) is 8. The van der Waals surface area contributed by atoms with Crippen LogP contribution in [-0.4, -0.2) is 72.6 Å². The highest BCUT2D eigenvalue weighted by molar-refractivity contribution is 6.36. The minimum atomic E-state index is -0.481. The van der Waals surface area contributed by atoms with Gasteiger partial charge in [-0.05, 0) is 31.3 Å². The highest BCUT2D eigenvalue weighted by Crippen LogP contribution is 2.34. The van der Waals surface area contributed by atoms with E-state index < -0.39 is 10.7 Å². The van der Waals surface area contributed by atoms with Crippen LogP contribution in [0, 0.1) is 15.9 Å². The van der Waals surface area contributed by atoms with Crippen LogP contribution in [0.4, 0.5) is 15.8 Å². The first-order valence-corrected chi connectivity index (χ1v) is 11.2. The van der Waals surface area contributed by atoms with Crippen LogP contribution >= 0.6 is 11.6 Å². The quantitative estimate of drug-likeness (QED) is 0.489. The van der Waals surface area contributed by atoms with E-state index in [0.717, 1.165) is 31.9 Å². The van der Waals surface area contributed by atoms with E-state index in [0.29, 0.717) is 28.4 Å². The Balaban J connectivity index is 1.57. The Kier molecular flexibility index (Phi) is 6.03. The van der Waals surface area contributed by atoms with Crippen LogP contribution in [0.1, 0.15) is 11.1 Å². The molecule has 0 aromatic heterocycles. The van der Waals surface area contributed by atoms with E-state index in [1.807, 2.05) is 6.20 Å². The topological polar surface area (TPSA) is 86.8 Å². The second-order valence-electron chi connectivity index (χ2n) is 8.30. The number of nitro benzene ring substituents is 1. The zero-order valence-corrected chi connectivity index (χ0v) is 19.2. The second-order valence-corrected chi connectivity index (χ2v) is 8.71. The lowest BCUT2D eigenvalue weighted by molar-refractivity contribution is -0.384. The van der Waals surface area contributed by atoms with Crippen LogP contribution in [0.3, 0.4) is 0 Å². The van der Waals surface area contributed by atoms with Crippen LogP contribution in [0.5, 0.6) is 0 Å². The third-order valence-corrected chi connectivity index (χ3v) is 6.26. The number of halogens is 2. The summed E-state index contributed by atoms with van der Waals surface area (Å²) in [6.07, 6.45) is 2.01. The molecule has 9 nitrogen and oxygen atoms in total. The number of amidine groups is 1. The summed E-state index contributed by atoms with van der Waals surface area (Å²) >= 11 is 6.33. The SMILES string of the molecule is CN1CCN(/C=C2/CON3C(=N2)CN=C(c2ccc(F)cc2Cl)c2cc([N+](=O)[O-])ccc23)CC1. The van der Waals surface area contributed by atoms with Crippen molar-refractivity contribution in [2.24, 2.45) is 9.98 Å². The Bertz CT molecular complexity index is 1240. The summed E-state index contributed by atoms with van der Waals surface area (Å²) < 4.78 is 13.7. The van der Waals surface area contributed by atoms with Gasteiger partial charge in [-0.3, -0.25) is 19.9 Å². The molecule has 0 unspecified atom stereocenters. The zero-order chi connectivity index (χ0) is 23.8. The van der Waals surface area contributed by atoms with Gasteiger partial charge in [0.15, 0.2) is 5.84 Å². The summed E-state index contributed by atoms with van der Waals surface area (Å²) in [5.74, 6) is 0.0704. The fourth-order valence-electron chi connectivity index (χ4n) is 4.14. The lowest BCUT2D eigenvalue weighted by Gasteiger charge is -2.33. The Labute approximate surface area is 200 Å². The van der Waals surface area contributed by atoms with E-state index in [1.54, 1.807) is 11.1 Å². The number of piperazine rings is 1. The van der Waals surface area contributed by atoms with Crippen molar-refractivity contribution in [2.45, 2.75) is 0 Å². The maximum atomic E-state index is 13.7. The molecule has 3 aliphatic rings. The number of anilines is 1. The number of rotatable bonds is 3. The van der Waals surface area contributed by atoms with E-state index in [4.69, 9.17) is 21.4 Å². The van der Waals surface area contributed by atoms with Gasteiger partial charge in [-0.15, -0.1) is 0 Å². The molecule has 0 spiro atoms. The molecule has 2 aromatic carbocycles. The number of aliphatic imine (C=N–C) groups is 2. The van der Waals surface area contributed by atoms with Gasteiger partial charge in [0.05, 0.1) is 27.0 Å². The molecule has 0 atom stereocenters. The fraction of sp³-hybridized carbons (Fsp3) is 0.304. The van der Waals surface area contributed by atoms with Gasteiger partial charge < -0.3 is 9.80 Å². The maximum absolute atomic E-state index is 13.7. The van der Waals surface area contributed by atoms with Gasteiger partial charge in [-0.25, -0.2) is 14.4 Å². The monoisotopic (exact) mass is 484 g/mol. The van der Waals surface area contributed by atoms with Crippen LogP contribution < -0.4 is 5.06 Å². The number of benzene rings is 2. The highest BCUT2D eigenvalue weighted by atomic mass is 35.5. The number of fused-ring (bicyclic) bond motifs is 3. The van der Waals surface area contributed by atoms with Crippen molar-refractivity contribution >= 4 is 34.5 Å². The van der Waals surface area contributed by atoms with Gasteiger partial charge in [0.2, 0.25) is 0 Å². The molecule has 5 rings (SSSR count). The number of hydrogen-bond donors (Lipinski definition) is 0. The van der Waals surface area contributed by atoms with Crippen molar-refractivity contribution in [3.05, 3.63) is 80.4 Å². The average molecular weight is 485 g/mol. The molecule has 0 radical (unpaired) electrons. The third-order valence-electron chi connectivity index (χ3n) is 5.95. The largest absolute Gasteiger partial charge is 0.373 e. The summed E-state index contributed by atoms with van der Waals surface area (Å²) in [5.41, 5.74) is 2.57. The molecular weight excluding hydrogens is 463 g/mol. The first-order chi connectivity index (χ1) is 16.4. The molecule has 0 amide bonds. The van der Waals surface area contributed by atoms with Crippen molar-refractivity contribution in [2.75, 3.05) is 51.4 Å². The number of nitrogens with zero attached hydrogens (tertiary/aromatic N) is 6. The normalized spacial score (nSPS) is 19.8. The third kappa shape index (κ3) is 4.39. The van der Waals surface area contributed by atoms with Crippen molar-refractivity contribution in [1.82, 2.24) is 9.80 Å². The number of likely N-dealkylation sites (N-methyl/N-ethyl adjacent to an activating group) is 1. The van der Waals surface area contributed by atoms with E-state index in [1.165, 1.54) is 30.3 Å². The van der Waals surface area contributed by atoms with Crippen LogP contribution in [0.25, 0.3) is 0 Å². The molecule has 176 valence electrons. The summed E-state index contributed by atoms with van der Waals surface area (Å²) in [4.78, 5) is 31.0. The number of nitro groups is 1. The van der Waals surface area contributed by atoms with Crippen LogP contribution in [0.15, 0.2) is 58.3 Å². The maximum Gasteiger partial charge on any atom is 0.270 e. The van der Waals surface area contributed by atoms with Gasteiger partial charge in [0.1, 0.15) is 19.0 Å². The summed E-state index contributed by atoms with van der Waals surface area (Å²) in [6, 6.07) is 8.44. The van der Waals surface area contributed by atoms with E-state index >= 15 is 0 Å². The smallest absolute Gasteiger partial charge is 0.270 e. The lowest BCUT2D eigenvalue weighted by Crippen LogP contribution is -2.42. The van der Waals surface area contributed by atoms with Crippen molar-refractivity contribution in [3.63, 3.8) is 0 Å². The van der Waals surface area contributed by atoms with E-state index in [2.05, 4.69) is 21.8 Å². The zero-order valence-electron chi connectivity index (χ0n) is 18.4. The molecule has 34 heavy (non-hydrogen) atoms. The van der Waals surface area contributed by atoms with Gasteiger partial charge in [0.25, 0.3) is 5.69 Å². The van der Waals surface area contributed by atoms with Crippen molar-refractivity contribution in [1.29, 1.82) is 0 Å². The lowest BCUT2D eigenvalue weighted by atomic mass is 9.99. The van der Waals surface area contributed by atoms with Crippen molar-refractivity contribution in [3.8, 4) is 0 Å². The van der Waals surface area contributed by atoms with E-state index in [-0.39, 0.29) is 23.9 Å². The Morgan fingerprint density at radius 3 is 2.68 bits per heavy atom. The molecule has 3 heterocycles. The molecule has 0 aliphatic carbocycles. The summed E-state index contributed by atoms with van der Waals surface area (Å²) in [5, 5.41) is 13.2. The minimum absolute atomic E-state index is 0.0993. The van der Waals surface area contributed by atoms with Crippen LogP contribution in [-0.2, 0) is 4.84 Å². The highest BCUT2D eigenvalue weighted by Gasteiger charge is 2.30. The molecule has 0 N–H and O–H groups in total. The first kappa shape index (κ1) is 22.5. The average Bonchev–Trinajstić information content (AvgIpc) is 2.97. The molecule has 1 saturated heterocycles. The van der Waals surface area contributed by atoms with Gasteiger partial charge in [0, 0.05) is 55.6 Å². The summed E-state index contributed by atoms with van der Waals surface area (Å²) in [6.45, 7) is 4.18. The number of hydroxylamine groups is 1. The second kappa shape index (κ2) is 9.13. The standard InChI is InChI=1S/C23H22ClFN6O3/c1-28-6-8-29(9-7-28)13-16-14-34-30-21-5-3-17(31(32)33)11-19(21)23(26-12-22(30)27-16)18-4-2-15(25)10-20(18)24/h2-5,10-11,13H,6-9,12,14H2,1H3/b16-13-. The molecular formula is C23H22ClFN6O3. The minimum Gasteiger partial charge on any atom is -0.373 e. The predicted octanol–water partition coefficient (Wildman–Crippen LogP) is 3.48. The predicted molar refractivity (Wildman–Crippen MR) is 128 cm³/mol. The number of non-ortho nitro benzene ring substituents is 1. The van der Waals surface area contributed by atoms with Gasteiger partial charge in [-0.1, -0.05) is 11.6 Å². The van der Waals surface area contributed by atoms with E-state index in [9.17, 15) is 14.5 Å². The summed E-state index contributed by atoms with van der Waals surface area (Å²) in [7, 11) is 2.10. The first-order valence-electron chi connectivity index (χ1n) is 10.8. The Hall–Kier alpha value is -3.34. The van der Waals surface area contributed by atoms with Crippen LogP contribution in [0.2, 0.25) is 5.02 Å². The molecule has 11 heteroatoms. The molecule has 3 aliphatic heterocycles.